The molecule has 2 nitrogen and oxygen atoms in total. The largest absolute Gasteiger partial charge is 0.378 e. The number of halogens is 3. The van der Waals surface area contributed by atoms with Crippen LogP contribution in [0.15, 0.2) is 36.5 Å². The second-order valence-electron chi connectivity index (χ2n) is 3.43. The summed E-state index contributed by atoms with van der Waals surface area (Å²) in [5.74, 6) is -2.02. The van der Waals surface area contributed by atoms with Crippen LogP contribution in [0.25, 0.3) is 0 Å². The highest BCUT2D eigenvalue weighted by Gasteiger charge is 2.12. The van der Waals surface area contributed by atoms with Gasteiger partial charge in [-0.25, -0.2) is 4.98 Å². The molecule has 88 valence electrons. The van der Waals surface area contributed by atoms with Crippen molar-refractivity contribution in [3.63, 3.8) is 0 Å². The van der Waals surface area contributed by atoms with Crippen LogP contribution >= 0.6 is 22.6 Å². The predicted molar refractivity (Wildman–Crippen MR) is 70.6 cm³/mol. The van der Waals surface area contributed by atoms with E-state index in [1.54, 1.807) is 0 Å². The minimum absolute atomic E-state index is 0.155. The number of hydrogen-bond acceptors (Lipinski definition) is 2. The molecule has 1 aromatic carbocycles. The summed E-state index contributed by atoms with van der Waals surface area (Å²) in [6, 6.07) is 9.52. The summed E-state index contributed by atoms with van der Waals surface area (Å²) < 4.78 is 27.0. The van der Waals surface area contributed by atoms with Crippen molar-refractivity contribution >= 4 is 28.3 Å². The molecule has 0 aliphatic heterocycles. The summed E-state index contributed by atoms with van der Waals surface area (Å²) in [6.07, 6.45) is 1.30. The van der Waals surface area contributed by atoms with Crippen molar-refractivity contribution in [1.82, 2.24) is 4.98 Å². The van der Waals surface area contributed by atoms with Gasteiger partial charge in [-0.05, 0) is 28.2 Å². The number of nitrogens with one attached hydrogen (secondary N) is 1. The number of pyridine rings is 1. The maximum Gasteiger partial charge on any atom is 0.251 e. The third kappa shape index (κ3) is 2.91. The average molecular weight is 346 g/mol. The molecule has 0 bridgehead atoms. The number of aromatic nitrogens is 1. The molecule has 1 heterocycles. The Bertz CT molecular complexity index is 517. The van der Waals surface area contributed by atoms with Crippen LogP contribution in [-0.2, 0) is 6.54 Å². The lowest BCUT2D eigenvalue weighted by atomic mass is 10.2. The summed E-state index contributed by atoms with van der Waals surface area (Å²) >= 11 is 1.91. The van der Waals surface area contributed by atoms with E-state index in [9.17, 15) is 8.78 Å². The maximum absolute atomic E-state index is 13.5. The number of anilines is 1. The first-order chi connectivity index (χ1) is 8.18. The van der Waals surface area contributed by atoms with Gasteiger partial charge in [0.1, 0.15) is 0 Å². The molecular weight excluding hydrogens is 337 g/mol. The lowest BCUT2D eigenvalue weighted by Gasteiger charge is -2.09. The van der Waals surface area contributed by atoms with E-state index >= 15 is 0 Å². The van der Waals surface area contributed by atoms with Gasteiger partial charge in [-0.2, -0.15) is 8.78 Å². The average Bonchev–Trinajstić information content (AvgIpc) is 2.35. The quantitative estimate of drug-likeness (QED) is 0.679. The van der Waals surface area contributed by atoms with E-state index in [0.717, 1.165) is 5.56 Å². The standard InChI is InChI=1S/C12H9F2IN2/c13-10-11(9(15)7-17-12(10)14)16-6-8-4-2-1-3-5-8/h1-5,7H,6H2,(H,16,17). The molecule has 1 N–H and O–H groups in total. The highest BCUT2D eigenvalue weighted by Crippen LogP contribution is 2.22. The van der Waals surface area contributed by atoms with E-state index in [1.807, 2.05) is 52.9 Å². The van der Waals surface area contributed by atoms with E-state index in [1.165, 1.54) is 6.20 Å². The molecule has 2 aromatic rings. The Morgan fingerprint density at radius 3 is 2.59 bits per heavy atom. The number of hydrogen-bond donors (Lipinski definition) is 1. The molecule has 0 unspecified atom stereocenters. The van der Waals surface area contributed by atoms with Gasteiger partial charge in [0.05, 0.1) is 9.26 Å². The van der Waals surface area contributed by atoms with Crippen molar-refractivity contribution in [3.05, 3.63) is 57.4 Å². The van der Waals surface area contributed by atoms with Crippen molar-refractivity contribution in [1.29, 1.82) is 0 Å². The predicted octanol–water partition coefficient (Wildman–Crippen LogP) is 3.58. The highest BCUT2D eigenvalue weighted by atomic mass is 127. The minimum Gasteiger partial charge on any atom is -0.378 e. The molecule has 0 spiro atoms. The second-order valence-corrected chi connectivity index (χ2v) is 4.59. The molecule has 5 heteroatoms. The number of rotatable bonds is 3. The Hall–Kier alpha value is -1.24. The zero-order valence-electron chi connectivity index (χ0n) is 8.75. The normalized spacial score (nSPS) is 10.3. The van der Waals surface area contributed by atoms with Gasteiger partial charge >= 0.3 is 0 Å². The molecule has 0 radical (unpaired) electrons. The molecule has 0 saturated carbocycles. The van der Waals surface area contributed by atoms with Crippen molar-refractivity contribution in [2.45, 2.75) is 6.54 Å². The third-order valence-electron chi connectivity index (χ3n) is 2.24. The Morgan fingerprint density at radius 1 is 1.18 bits per heavy atom. The van der Waals surface area contributed by atoms with Gasteiger partial charge in [-0.3, -0.25) is 0 Å². The SMILES string of the molecule is Fc1ncc(I)c(NCc2ccccc2)c1F. The molecule has 0 fully saturated rings. The first kappa shape index (κ1) is 12.2. The van der Waals surface area contributed by atoms with Crippen molar-refractivity contribution < 1.29 is 8.78 Å². The molecule has 0 amide bonds. The molecule has 0 saturated heterocycles. The molecule has 0 atom stereocenters. The van der Waals surface area contributed by atoms with E-state index in [2.05, 4.69) is 10.3 Å². The molecule has 2 rings (SSSR count). The van der Waals surface area contributed by atoms with E-state index in [-0.39, 0.29) is 5.69 Å². The number of benzene rings is 1. The zero-order valence-corrected chi connectivity index (χ0v) is 10.9. The lowest BCUT2D eigenvalue weighted by Crippen LogP contribution is -2.06. The van der Waals surface area contributed by atoms with Crippen molar-refractivity contribution in [3.8, 4) is 0 Å². The summed E-state index contributed by atoms with van der Waals surface area (Å²) in [5, 5.41) is 2.88. The highest BCUT2D eigenvalue weighted by molar-refractivity contribution is 14.1. The topological polar surface area (TPSA) is 24.9 Å². The molecule has 17 heavy (non-hydrogen) atoms. The van der Waals surface area contributed by atoms with Gasteiger partial charge in [0.15, 0.2) is 0 Å². The smallest absolute Gasteiger partial charge is 0.251 e. The molecule has 0 aliphatic rings. The minimum atomic E-state index is -1.08. The summed E-state index contributed by atoms with van der Waals surface area (Å²) in [7, 11) is 0. The Kier molecular flexibility index (Phi) is 3.88. The summed E-state index contributed by atoms with van der Waals surface area (Å²) in [4.78, 5) is 3.30. The van der Waals surface area contributed by atoms with E-state index in [4.69, 9.17) is 0 Å². The first-order valence-electron chi connectivity index (χ1n) is 4.96. The van der Waals surface area contributed by atoms with Crippen LogP contribution in [0.1, 0.15) is 5.56 Å². The fourth-order valence-corrected chi connectivity index (χ4v) is 1.96. The van der Waals surface area contributed by atoms with Gasteiger partial charge in [-0.1, -0.05) is 30.3 Å². The van der Waals surface area contributed by atoms with Crippen molar-refractivity contribution in [2.75, 3.05) is 5.32 Å². The zero-order chi connectivity index (χ0) is 12.3. The molecular formula is C12H9F2IN2. The van der Waals surface area contributed by atoms with Gasteiger partial charge in [0.2, 0.25) is 5.82 Å². The van der Waals surface area contributed by atoms with Crippen LogP contribution in [0, 0.1) is 15.3 Å². The van der Waals surface area contributed by atoms with Crippen LogP contribution in [0.4, 0.5) is 14.5 Å². The van der Waals surface area contributed by atoms with Gasteiger partial charge in [0, 0.05) is 12.7 Å². The van der Waals surface area contributed by atoms with Crippen LogP contribution in [0.5, 0.6) is 0 Å². The van der Waals surface area contributed by atoms with Crippen molar-refractivity contribution in [2.24, 2.45) is 0 Å². The lowest BCUT2D eigenvalue weighted by molar-refractivity contribution is 0.480. The Morgan fingerprint density at radius 2 is 1.88 bits per heavy atom. The van der Waals surface area contributed by atoms with E-state index < -0.39 is 11.8 Å². The second kappa shape index (κ2) is 5.39. The number of nitrogens with zero attached hydrogens (tertiary/aromatic N) is 1. The van der Waals surface area contributed by atoms with Crippen LogP contribution in [-0.4, -0.2) is 4.98 Å². The first-order valence-corrected chi connectivity index (χ1v) is 6.03. The fourth-order valence-electron chi connectivity index (χ4n) is 1.39. The third-order valence-corrected chi connectivity index (χ3v) is 3.06. The van der Waals surface area contributed by atoms with Gasteiger partial charge in [-0.15, -0.1) is 0 Å². The Balaban J connectivity index is 2.17. The van der Waals surface area contributed by atoms with Gasteiger partial charge < -0.3 is 5.32 Å². The van der Waals surface area contributed by atoms with E-state index in [0.29, 0.717) is 10.1 Å². The van der Waals surface area contributed by atoms with Crippen LogP contribution < -0.4 is 5.32 Å². The summed E-state index contributed by atoms with van der Waals surface area (Å²) in [5.41, 5.74) is 1.15. The maximum atomic E-state index is 13.5. The monoisotopic (exact) mass is 346 g/mol. The van der Waals surface area contributed by atoms with Gasteiger partial charge in [0.25, 0.3) is 5.95 Å². The summed E-state index contributed by atoms with van der Waals surface area (Å²) in [6.45, 7) is 0.442. The fraction of sp³-hybridized carbons (Fsp3) is 0.0833. The van der Waals surface area contributed by atoms with Crippen LogP contribution in [0.2, 0.25) is 0 Å². The molecule has 0 aliphatic carbocycles. The Labute approximate surface area is 111 Å². The van der Waals surface area contributed by atoms with Crippen LogP contribution in [0.3, 0.4) is 0 Å². The molecule has 1 aromatic heterocycles.